The zero-order chi connectivity index (χ0) is 13.9. The van der Waals surface area contributed by atoms with Gasteiger partial charge < -0.3 is 14.6 Å². The van der Waals surface area contributed by atoms with E-state index in [0.29, 0.717) is 18.3 Å². The molecule has 0 radical (unpaired) electrons. The molecule has 0 spiro atoms. The topological polar surface area (TPSA) is 60.2 Å². The highest BCUT2D eigenvalue weighted by molar-refractivity contribution is 5.72. The van der Waals surface area contributed by atoms with E-state index >= 15 is 0 Å². The summed E-state index contributed by atoms with van der Waals surface area (Å²) in [6, 6.07) is 7.80. The Bertz CT molecular complexity index is 549. The standard InChI is InChI=1S/C14H19N3O2/c1-5-18-14(2,3)13-16-12(19-17-13)10-8-6-7-9-11(10)15-4/h6-9,15H,5H2,1-4H3. The Morgan fingerprint density at radius 1 is 1.32 bits per heavy atom. The van der Waals surface area contributed by atoms with Crippen LogP contribution >= 0.6 is 0 Å². The molecule has 1 N–H and O–H groups in total. The predicted molar refractivity (Wildman–Crippen MR) is 73.9 cm³/mol. The summed E-state index contributed by atoms with van der Waals surface area (Å²) >= 11 is 0. The minimum atomic E-state index is -0.551. The first-order chi connectivity index (χ1) is 9.08. The third-order valence-electron chi connectivity index (χ3n) is 2.90. The van der Waals surface area contributed by atoms with Crippen molar-refractivity contribution in [2.75, 3.05) is 19.0 Å². The van der Waals surface area contributed by atoms with Crippen LogP contribution in [-0.4, -0.2) is 23.8 Å². The summed E-state index contributed by atoms with van der Waals surface area (Å²) in [6.07, 6.45) is 0. The maximum absolute atomic E-state index is 5.62. The largest absolute Gasteiger partial charge is 0.387 e. The van der Waals surface area contributed by atoms with E-state index in [4.69, 9.17) is 9.26 Å². The molecule has 0 aliphatic carbocycles. The van der Waals surface area contributed by atoms with Crippen molar-refractivity contribution in [1.29, 1.82) is 0 Å². The Morgan fingerprint density at radius 2 is 2.05 bits per heavy atom. The molecule has 0 bridgehead atoms. The zero-order valence-electron chi connectivity index (χ0n) is 11.7. The number of para-hydroxylation sites is 1. The van der Waals surface area contributed by atoms with Crippen LogP contribution in [-0.2, 0) is 10.3 Å². The maximum Gasteiger partial charge on any atom is 0.260 e. The van der Waals surface area contributed by atoms with E-state index in [-0.39, 0.29) is 0 Å². The van der Waals surface area contributed by atoms with E-state index in [2.05, 4.69) is 15.5 Å². The molecule has 0 fully saturated rings. The molecular formula is C14H19N3O2. The van der Waals surface area contributed by atoms with Crippen LogP contribution < -0.4 is 5.32 Å². The van der Waals surface area contributed by atoms with Gasteiger partial charge in [0.15, 0.2) is 0 Å². The highest BCUT2D eigenvalue weighted by Crippen LogP contribution is 2.29. The number of nitrogens with one attached hydrogen (secondary N) is 1. The molecule has 2 aromatic rings. The molecule has 102 valence electrons. The van der Waals surface area contributed by atoms with E-state index in [9.17, 15) is 0 Å². The van der Waals surface area contributed by atoms with Crippen LogP contribution in [0.1, 0.15) is 26.6 Å². The van der Waals surface area contributed by atoms with Gasteiger partial charge in [0.05, 0.1) is 5.56 Å². The van der Waals surface area contributed by atoms with Gasteiger partial charge in [0.1, 0.15) is 5.60 Å². The molecular weight excluding hydrogens is 242 g/mol. The van der Waals surface area contributed by atoms with Crippen molar-refractivity contribution in [3.8, 4) is 11.5 Å². The molecule has 1 aromatic heterocycles. The first kappa shape index (κ1) is 13.5. The van der Waals surface area contributed by atoms with Gasteiger partial charge in [-0.05, 0) is 32.9 Å². The van der Waals surface area contributed by atoms with Crippen LogP contribution in [0.5, 0.6) is 0 Å². The van der Waals surface area contributed by atoms with Crippen molar-refractivity contribution in [1.82, 2.24) is 10.1 Å². The van der Waals surface area contributed by atoms with Gasteiger partial charge in [-0.1, -0.05) is 17.3 Å². The van der Waals surface area contributed by atoms with Gasteiger partial charge in [-0.3, -0.25) is 0 Å². The monoisotopic (exact) mass is 261 g/mol. The quantitative estimate of drug-likeness (QED) is 0.896. The second kappa shape index (κ2) is 5.40. The van der Waals surface area contributed by atoms with Crippen molar-refractivity contribution < 1.29 is 9.26 Å². The number of hydrogen-bond donors (Lipinski definition) is 1. The molecule has 0 saturated carbocycles. The van der Waals surface area contributed by atoms with E-state index in [1.807, 2.05) is 52.1 Å². The third kappa shape index (κ3) is 2.76. The highest BCUT2D eigenvalue weighted by atomic mass is 16.5. The molecule has 19 heavy (non-hydrogen) atoms. The second-order valence-corrected chi connectivity index (χ2v) is 4.66. The third-order valence-corrected chi connectivity index (χ3v) is 2.90. The number of aromatic nitrogens is 2. The molecule has 0 aliphatic rings. The van der Waals surface area contributed by atoms with Gasteiger partial charge >= 0.3 is 0 Å². The van der Waals surface area contributed by atoms with Crippen molar-refractivity contribution in [3.63, 3.8) is 0 Å². The SMILES string of the molecule is CCOC(C)(C)c1noc(-c2ccccc2NC)n1. The molecule has 2 rings (SSSR count). The fourth-order valence-electron chi connectivity index (χ4n) is 1.89. The summed E-state index contributed by atoms with van der Waals surface area (Å²) in [7, 11) is 1.86. The Balaban J connectivity index is 2.36. The second-order valence-electron chi connectivity index (χ2n) is 4.66. The number of rotatable bonds is 5. The molecule has 5 nitrogen and oxygen atoms in total. The Morgan fingerprint density at radius 3 is 2.74 bits per heavy atom. The number of hydrogen-bond acceptors (Lipinski definition) is 5. The van der Waals surface area contributed by atoms with Crippen LogP contribution in [0.15, 0.2) is 28.8 Å². The zero-order valence-corrected chi connectivity index (χ0v) is 11.7. The van der Waals surface area contributed by atoms with E-state index in [0.717, 1.165) is 11.3 Å². The van der Waals surface area contributed by atoms with Crippen molar-refractivity contribution >= 4 is 5.69 Å². The number of nitrogens with zero attached hydrogens (tertiary/aromatic N) is 2. The lowest BCUT2D eigenvalue weighted by molar-refractivity contribution is -0.0221. The van der Waals surface area contributed by atoms with Gasteiger partial charge in [0.25, 0.3) is 5.89 Å². The Kier molecular flexibility index (Phi) is 3.85. The Hall–Kier alpha value is -1.88. The van der Waals surface area contributed by atoms with Crippen LogP contribution in [0.3, 0.4) is 0 Å². The van der Waals surface area contributed by atoms with Crippen LogP contribution in [0.4, 0.5) is 5.69 Å². The average molecular weight is 261 g/mol. The lowest BCUT2D eigenvalue weighted by atomic mass is 10.1. The average Bonchev–Trinajstić information content (AvgIpc) is 2.89. The number of ether oxygens (including phenoxy) is 1. The van der Waals surface area contributed by atoms with E-state index < -0.39 is 5.60 Å². The maximum atomic E-state index is 5.62. The molecule has 0 aliphatic heterocycles. The molecule has 0 atom stereocenters. The smallest absolute Gasteiger partial charge is 0.260 e. The fraction of sp³-hybridized carbons (Fsp3) is 0.429. The number of anilines is 1. The first-order valence-corrected chi connectivity index (χ1v) is 6.33. The molecule has 0 unspecified atom stereocenters. The van der Waals surface area contributed by atoms with Crippen LogP contribution in [0, 0.1) is 0 Å². The van der Waals surface area contributed by atoms with E-state index in [1.54, 1.807) is 0 Å². The van der Waals surface area contributed by atoms with Crippen molar-refractivity contribution in [3.05, 3.63) is 30.1 Å². The summed E-state index contributed by atoms with van der Waals surface area (Å²) in [5.41, 5.74) is 1.29. The minimum Gasteiger partial charge on any atom is -0.387 e. The van der Waals surface area contributed by atoms with Gasteiger partial charge in [-0.25, -0.2) is 0 Å². The molecule has 0 amide bonds. The summed E-state index contributed by atoms with van der Waals surface area (Å²) in [6.45, 7) is 6.40. The van der Waals surface area contributed by atoms with Gasteiger partial charge in [-0.15, -0.1) is 0 Å². The highest BCUT2D eigenvalue weighted by Gasteiger charge is 2.27. The lowest BCUT2D eigenvalue weighted by Crippen LogP contribution is -2.23. The van der Waals surface area contributed by atoms with Crippen molar-refractivity contribution in [2.24, 2.45) is 0 Å². The predicted octanol–water partition coefficient (Wildman–Crippen LogP) is 3.05. The number of benzene rings is 1. The normalized spacial score (nSPS) is 11.6. The summed E-state index contributed by atoms with van der Waals surface area (Å²) in [5, 5.41) is 7.13. The first-order valence-electron chi connectivity index (χ1n) is 6.33. The summed E-state index contributed by atoms with van der Waals surface area (Å²) in [5.74, 6) is 1.04. The summed E-state index contributed by atoms with van der Waals surface area (Å²) < 4.78 is 11.0. The van der Waals surface area contributed by atoms with Gasteiger partial charge in [0, 0.05) is 19.3 Å². The van der Waals surface area contributed by atoms with Gasteiger partial charge in [0.2, 0.25) is 5.82 Å². The molecule has 0 saturated heterocycles. The minimum absolute atomic E-state index is 0.493. The summed E-state index contributed by atoms with van der Waals surface area (Å²) in [4.78, 5) is 4.44. The van der Waals surface area contributed by atoms with Crippen LogP contribution in [0.25, 0.3) is 11.5 Å². The van der Waals surface area contributed by atoms with Crippen molar-refractivity contribution in [2.45, 2.75) is 26.4 Å². The Labute approximate surface area is 113 Å². The fourth-order valence-corrected chi connectivity index (χ4v) is 1.89. The van der Waals surface area contributed by atoms with Crippen LogP contribution in [0.2, 0.25) is 0 Å². The molecule has 5 heteroatoms. The lowest BCUT2D eigenvalue weighted by Gasteiger charge is -2.19. The molecule has 1 aromatic carbocycles. The molecule has 1 heterocycles. The van der Waals surface area contributed by atoms with Gasteiger partial charge in [-0.2, -0.15) is 4.98 Å². The van der Waals surface area contributed by atoms with E-state index in [1.165, 1.54) is 0 Å².